The van der Waals surface area contributed by atoms with Crippen LogP contribution in [0.25, 0.3) is 0 Å². The number of nitrogens with two attached hydrogens (primary N) is 1. The van der Waals surface area contributed by atoms with Gasteiger partial charge in [0.25, 0.3) is 5.69 Å². The molecule has 1 aliphatic heterocycles. The van der Waals surface area contributed by atoms with Crippen molar-refractivity contribution in [2.45, 2.75) is 5.92 Å². The zero-order valence-corrected chi connectivity index (χ0v) is 19.4. The number of anilines is 1. The van der Waals surface area contributed by atoms with Crippen LogP contribution in [0.2, 0.25) is 0 Å². The number of nitro benzene ring substituents is 1. The molecule has 0 amide bonds. The van der Waals surface area contributed by atoms with Crippen molar-refractivity contribution in [3.05, 3.63) is 92.4 Å². The van der Waals surface area contributed by atoms with E-state index in [9.17, 15) is 29.8 Å². The topological polar surface area (TPSA) is 175 Å². The number of carbonyl (C=O) groups is 3. The molecule has 12 nitrogen and oxygen atoms in total. The third kappa shape index (κ3) is 4.21. The zero-order chi connectivity index (χ0) is 26.6. The maximum atomic E-state index is 13.1. The van der Waals surface area contributed by atoms with Crippen LogP contribution in [-0.4, -0.2) is 44.2 Å². The zero-order valence-electron chi connectivity index (χ0n) is 19.4. The molecule has 0 spiro atoms. The summed E-state index contributed by atoms with van der Waals surface area (Å²) in [5, 5.41) is 21.8. The maximum absolute atomic E-state index is 13.1. The molecule has 12 heteroatoms. The summed E-state index contributed by atoms with van der Waals surface area (Å²) in [6, 6.07) is 13.8. The lowest BCUT2D eigenvalue weighted by Gasteiger charge is -2.36. The summed E-state index contributed by atoms with van der Waals surface area (Å²) in [5.74, 6) is -4.67. The van der Waals surface area contributed by atoms with Crippen molar-refractivity contribution in [2.75, 3.05) is 26.2 Å². The summed E-state index contributed by atoms with van der Waals surface area (Å²) in [5.41, 5.74) is 4.35. The van der Waals surface area contributed by atoms with Crippen LogP contribution in [0.4, 0.5) is 11.4 Å². The van der Waals surface area contributed by atoms with Crippen molar-refractivity contribution < 1.29 is 33.5 Å². The maximum Gasteiger partial charge on any atom is 0.355 e. The number of methoxy groups -OCH3 is 3. The van der Waals surface area contributed by atoms with Crippen LogP contribution in [-0.2, 0) is 23.8 Å². The highest BCUT2D eigenvalue weighted by Gasteiger charge is 2.44. The van der Waals surface area contributed by atoms with E-state index < -0.39 is 45.7 Å². The molecule has 2 aromatic rings. The Morgan fingerprint density at radius 3 is 2.11 bits per heavy atom. The molecule has 0 saturated carbocycles. The summed E-state index contributed by atoms with van der Waals surface area (Å²) in [4.78, 5) is 50.7. The van der Waals surface area contributed by atoms with E-state index >= 15 is 0 Å². The van der Waals surface area contributed by atoms with Crippen LogP contribution in [0.1, 0.15) is 21.8 Å². The van der Waals surface area contributed by atoms with E-state index in [2.05, 4.69) is 0 Å². The molecular formula is C24H20N4O8. The minimum absolute atomic E-state index is 0.170. The molecule has 36 heavy (non-hydrogen) atoms. The number of hydrogen-bond acceptors (Lipinski definition) is 11. The largest absolute Gasteiger partial charge is 0.466 e. The van der Waals surface area contributed by atoms with Gasteiger partial charge in [-0.15, -0.1) is 0 Å². The first-order chi connectivity index (χ1) is 17.2. The number of benzene rings is 2. The second-order valence-corrected chi connectivity index (χ2v) is 7.26. The molecule has 0 aliphatic carbocycles. The Kier molecular flexibility index (Phi) is 7.34. The molecule has 0 saturated heterocycles. The minimum Gasteiger partial charge on any atom is -0.466 e. The average molecular weight is 492 g/mol. The van der Waals surface area contributed by atoms with Gasteiger partial charge in [0.2, 0.25) is 0 Å². The summed E-state index contributed by atoms with van der Waals surface area (Å²) in [6.45, 7) is 0. The third-order valence-corrected chi connectivity index (χ3v) is 5.46. The van der Waals surface area contributed by atoms with E-state index in [4.69, 9.17) is 19.9 Å². The Labute approximate surface area is 204 Å². The Hall–Kier alpha value is -5.18. The number of allylic oxidation sites excluding steroid dienone is 1. The molecule has 0 fully saturated rings. The van der Waals surface area contributed by atoms with E-state index in [-0.39, 0.29) is 22.7 Å². The van der Waals surface area contributed by atoms with E-state index in [0.29, 0.717) is 5.56 Å². The van der Waals surface area contributed by atoms with Crippen molar-refractivity contribution in [1.82, 2.24) is 0 Å². The van der Waals surface area contributed by atoms with Gasteiger partial charge in [-0.3, -0.25) is 15.0 Å². The van der Waals surface area contributed by atoms with Gasteiger partial charge in [0, 0.05) is 6.07 Å². The molecule has 184 valence electrons. The highest BCUT2D eigenvalue weighted by molar-refractivity contribution is 6.09. The summed E-state index contributed by atoms with van der Waals surface area (Å²) < 4.78 is 14.6. The van der Waals surface area contributed by atoms with Gasteiger partial charge in [0.15, 0.2) is 5.56 Å². The van der Waals surface area contributed by atoms with Crippen LogP contribution < -0.4 is 10.6 Å². The molecule has 0 aromatic heterocycles. The summed E-state index contributed by atoms with van der Waals surface area (Å²) in [7, 11) is 3.15. The van der Waals surface area contributed by atoms with E-state index in [0.717, 1.165) is 32.3 Å². The number of esters is 3. The van der Waals surface area contributed by atoms with Gasteiger partial charge in [0.1, 0.15) is 11.5 Å². The Balaban J connectivity index is 2.53. The smallest absolute Gasteiger partial charge is 0.355 e. The van der Waals surface area contributed by atoms with Crippen molar-refractivity contribution >= 4 is 29.3 Å². The number of nitrogens with zero attached hydrogens (tertiary/aromatic N) is 3. The van der Waals surface area contributed by atoms with Gasteiger partial charge in [-0.1, -0.05) is 36.4 Å². The molecule has 0 radical (unpaired) electrons. The number of nitriles is 1. The number of ether oxygens (including phenoxy) is 3. The number of rotatable bonds is 6. The normalized spacial score (nSPS) is 15.2. The van der Waals surface area contributed by atoms with Crippen molar-refractivity contribution in [1.29, 1.82) is 5.26 Å². The third-order valence-electron chi connectivity index (χ3n) is 5.46. The lowest BCUT2D eigenvalue weighted by Crippen LogP contribution is -2.41. The molecule has 1 unspecified atom stereocenters. The molecule has 2 aromatic carbocycles. The van der Waals surface area contributed by atoms with Gasteiger partial charge >= 0.3 is 17.9 Å². The number of nitro groups is 1. The highest BCUT2D eigenvalue weighted by atomic mass is 16.6. The second-order valence-electron chi connectivity index (χ2n) is 7.26. The first kappa shape index (κ1) is 25.4. The lowest BCUT2D eigenvalue weighted by atomic mass is 9.80. The van der Waals surface area contributed by atoms with Crippen LogP contribution in [0.5, 0.6) is 0 Å². The lowest BCUT2D eigenvalue weighted by molar-refractivity contribution is -0.385. The van der Waals surface area contributed by atoms with Crippen molar-refractivity contribution in [2.24, 2.45) is 5.73 Å². The quantitative estimate of drug-likeness (QED) is 0.271. The predicted molar refractivity (Wildman–Crippen MR) is 124 cm³/mol. The summed E-state index contributed by atoms with van der Waals surface area (Å²) >= 11 is 0. The van der Waals surface area contributed by atoms with Gasteiger partial charge in [-0.2, -0.15) is 5.26 Å². The first-order valence-electron chi connectivity index (χ1n) is 10.2. The molecule has 1 heterocycles. The van der Waals surface area contributed by atoms with Gasteiger partial charge in [-0.25, -0.2) is 14.4 Å². The van der Waals surface area contributed by atoms with Crippen molar-refractivity contribution in [3.8, 4) is 6.07 Å². The standard InChI is InChI=1S/C24H20N4O8/c1-34-22(29)18-15(10-7-11-16(18)28(32)33)27-20(24(31)36-3)19(23(30)35-2)17(14(12-25)21(27)26)13-8-5-4-6-9-13/h4-11,17H,26H2,1-3H3. The van der Waals surface area contributed by atoms with Crippen LogP contribution >= 0.6 is 0 Å². The molecule has 0 bridgehead atoms. The summed E-state index contributed by atoms with van der Waals surface area (Å²) in [6.07, 6.45) is 0. The first-order valence-corrected chi connectivity index (χ1v) is 10.2. The van der Waals surface area contributed by atoms with Gasteiger partial charge in [-0.05, 0) is 11.6 Å². The molecule has 2 N–H and O–H groups in total. The van der Waals surface area contributed by atoms with E-state index in [1.165, 1.54) is 12.1 Å². The molecule has 1 atom stereocenters. The fourth-order valence-corrected chi connectivity index (χ4v) is 3.94. The molecular weight excluding hydrogens is 472 g/mol. The Morgan fingerprint density at radius 1 is 0.972 bits per heavy atom. The van der Waals surface area contributed by atoms with Crippen LogP contribution in [0, 0.1) is 21.4 Å². The Bertz CT molecular complexity index is 1360. The second kappa shape index (κ2) is 10.4. The van der Waals surface area contributed by atoms with Crippen LogP contribution in [0.15, 0.2) is 71.2 Å². The van der Waals surface area contributed by atoms with E-state index in [1.807, 2.05) is 6.07 Å². The average Bonchev–Trinajstić information content (AvgIpc) is 2.90. The predicted octanol–water partition coefficient (Wildman–Crippen LogP) is 2.28. The number of carbonyl (C=O) groups excluding carboxylic acids is 3. The van der Waals surface area contributed by atoms with Crippen molar-refractivity contribution in [3.63, 3.8) is 0 Å². The Morgan fingerprint density at radius 2 is 1.58 bits per heavy atom. The SMILES string of the molecule is COC(=O)C1=C(C(=O)OC)N(c2cccc([N+](=O)[O-])c2C(=O)OC)C(N)=C(C#N)C1c1ccccc1. The fraction of sp³-hybridized carbons (Fsp3) is 0.167. The molecule has 1 aliphatic rings. The van der Waals surface area contributed by atoms with E-state index in [1.54, 1.807) is 30.3 Å². The highest BCUT2D eigenvalue weighted by Crippen LogP contribution is 2.45. The van der Waals surface area contributed by atoms with Crippen LogP contribution in [0.3, 0.4) is 0 Å². The monoisotopic (exact) mass is 492 g/mol. The fourth-order valence-electron chi connectivity index (χ4n) is 3.94. The minimum atomic E-state index is -1.14. The van der Waals surface area contributed by atoms with Gasteiger partial charge in [0.05, 0.1) is 55.1 Å². The van der Waals surface area contributed by atoms with Gasteiger partial charge < -0.3 is 19.9 Å². The number of hydrogen-bond donors (Lipinski definition) is 1. The molecule has 3 rings (SSSR count).